The van der Waals surface area contributed by atoms with Gasteiger partial charge < -0.3 is 0 Å². The van der Waals surface area contributed by atoms with E-state index in [2.05, 4.69) is 52.2 Å². The van der Waals surface area contributed by atoms with Gasteiger partial charge in [0.1, 0.15) is 5.69 Å². The molecule has 96 valence electrons. The molecule has 1 rings (SSSR count). The summed E-state index contributed by atoms with van der Waals surface area (Å²) in [4.78, 5) is 0. The van der Waals surface area contributed by atoms with Gasteiger partial charge in [0.2, 0.25) is 0 Å². The summed E-state index contributed by atoms with van der Waals surface area (Å²) in [5, 5.41) is 0. The summed E-state index contributed by atoms with van der Waals surface area (Å²) in [6, 6.07) is 9.11. The quantitative estimate of drug-likeness (QED) is 0.484. The number of unbranched alkanes of at least 4 members (excludes halogenated alkanes) is 3. The van der Waals surface area contributed by atoms with Crippen molar-refractivity contribution in [2.75, 3.05) is 20.6 Å². The van der Waals surface area contributed by atoms with Crippen LogP contribution in [0.1, 0.15) is 45.1 Å². The highest BCUT2D eigenvalue weighted by Gasteiger charge is 2.17. The summed E-state index contributed by atoms with van der Waals surface area (Å²) >= 11 is 0. The first-order valence-electron chi connectivity index (χ1n) is 7.02. The lowest BCUT2D eigenvalue weighted by Gasteiger charge is -2.29. The summed E-state index contributed by atoms with van der Waals surface area (Å²) in [7, 11) is 4.62. The fourth-order valence-electron chi connectivity index (χ4n) is 2.20. The molecule has 0 aliphatic rings. The van der Waals surface area contributed by atoms with E-state index in [4.69, 9.17) is 0 Å². The minimum Gasteiger partial charge on any atom is -0.296 e. The Morgan fingerprint density at radius 3 is 2.06 bits per heavy atom. The smallest absolute Gasteiger partial charge is 0.132 e. The molecule has 0 aliphatic carbocycles. The lowest BCUT2D eigenvalue weighted by atomic mass is 10.1. The summed E-state index contributed by atoms with van der Waals surface area (Å²) in [5.74, 6) is 0. The molecule has 1 heteroatoms. The molecule has 17 heavy (non-hydrogen) atoms. The Kier molecular flexibility index (Phi) is 5.70. The molecule has 0 amide bonds. The predicted molar refractivity (Wildman–Crippen MR) is 78.5 cm³/mol. The second-order valence-corrected chi connectivity index (χ2v) is 5.49. The fourth-order valence-corrected chi connectivity index (χ4v) is 2.20. The SMILES string of the molecule is CCCCCC[N+](C)(C)c1ccc(CC)cc1. The minimum absolute atomic E-state index is 1.01. The van der Waals surface area contributed by atoms with E-state index in [1.54, 1.807) is 0 Å². The first kappa shape index (κ1) is 14.2. The van der Waals surface area contributed by atoms with E-state index in [0.29, 0.717) is 0 Å². The van der Waals surface area contributed by atoms with Crippen LogP contribution in [0.3, 0.4) is 0 Å². The largest absolute Gasteiger partial charge is 0.296 e. The van der Waals surface area contributed by atoms with Gasteiger partial charge in [-0.15, -0.1) is 0 Å². The first-order chi connectivity index (χ1) is 8.10. The Labute approximate surface area is 107 Å². The fraction of sp³-hybridized carbons (Fsp3) is 0.625. The Morgan fingerprint density at radius 1 is 0.882 bits per heavy atom. The van der Waals surface area contributed by atoms with Crippen LogP contribution >= 0.6 is 0 Å². The molecule has 1 aromatic rings. The number of aryl methyl sites for hydroxylation is 1. The van der Waals surface area contributed by atoms with Crippen LogP contribution < -0.4 is 4.48 Å². The normalized spacial score (nSPS) is 11.8. The van der Waals surface area contributed by atoms with Crippen LogP contribution in [0.2, 0.25) is 0 Å². The van der Waals surface area contributed by atoms with E-state index in [0.717, 1.165) is 10.9 Å². The zero-order valence-electron chi connectivity index (χ0n) is 12.0. The molecule has 0 spiro atoms. The van der Waals surface area contributed by atoms with Gasteiger partial charge in [-0.3, -0.25) is 4.48 Å². The molecule has 0 saturated carbocycles. The van der Waals surface area contributed by atoms with E-state index < -0.39 is 0 Å². The van der Waals surface area contributed by atoms with Crippen molar-refractivity contribution in [3.05, 3.63) is 29.8 Å². The van der Waals surface area contributed by atoms with Crippen LogP contribution in [0.25, 0.3) is 0 Å². The highest BCUT2D eigenvalue weighted by Crippen LogP contribution is 2.20. The number of nitrogens with zero attached hydrogens (tertiary/aromatic N) is 1. The lowest BCUT2D eigenvalue weighted by molar-refractivity contribution is 0.382. The molecule has 0 heterocycles. The van der Waals surface area contributed by atoms with Gasteiger partial charge in [0.15, 0.2) is 0 Å². The van der Waals surface area contributed by atoms with Gasteiger partial charge in [0.05, 0.1) is 20.6 Å². The lowest BCUT2D eigenvalue weighted by Crippen LogP contribution is -2.41. The topological polar surface area (TPSA) is 0 Å². The van der Waals surface area contributed by atoms with Gasteiger partial charge in [-0.25, -0.2) is 0 Å². The van der Waals surface area contributed by atoms with Crippen molar-refractivity contribution in [2.45, 2.75) is 46.0 Å². The van der Waals surface area contributed by atoms with Crippen molar-refractivity contribution in [3.8, 4) is 0 Å². The van der Waals surface area contributed by atoms with Gasteiger partial charge in [0, 0.05) is 0 Å². The summed E-state index contributed by atoms with van der Waals surface area (Å²) in [5.41, 5.74) is 2.86. The molecule has 0 fully saturated rings. The van der Waals surface area contributed by atoms with Crippen LogP contribution in [-0.4, -0.2) is 20.6 Å². The maximum atomic E-state index is 2.31. The van der Waals surface area contributed by atoms with E-state index in [-0.39, 0.29) is 0 Å². The van der Waals surface area contributed by atoms with Gasteiger partial charge in [-0.2, -0.15) is 0 Å². The van der Waals surface area contributed by atoms with Crippen LogP contribution in [0.5, 0.6) is 0 Å². The zero-order valence-corrected chi connectivity index (χ0v) is 12.0. The number of benzene rings is 1. The number of rotatable bonds is 7. The Hall–Kier alpha value is -0.820. The first-order valence-corrected chi connectivity index (χ1v) is 7.02. The standard InChI is InChI=1S/C16H28N/c1-5-7-8-9-14-17(3,4)16-12-10-15(6-2)11-13-16/h10-13H,5-9,14H2,1-4H3/q+1. The number of quaternary nitrogens is 1. The molecule has 0 unspecified atom stereocenters. The molecule has 0 N–H and O–H groups in total. The van der Waals surface area contributed by atoms with Gasteiger partial charge in [0.25, 0.3) is 0 Å². The maximum Gasteiger partial charge on any atom is 0.132 e. The summed E-state index contributed by atoms with van der Waals surface area (Å²) in [6.45, 7) is 5.72. The molecule has 1 aromatic carbocycles. The van der Waals surface area contributed by atoms with Crippen molar-refractivity contribution < 1.29 is 0 Å². The predicted octanol–water partition coefficient (Wildman–Crippen LogP) is 4.40. The van der Waals surface area contributed by atoms with Gasteiger partial charge in [-0.05, 0) is 37.0 Å². The molecular formula is C16H28N+. The van der Waals surface area contributed by atoms with Crippen LogP contribution in [0.4, 0.5) is 5.69 Å². The Morgan fingerprint density at radius 2 is 1.53 bits per heavy atom. The molecule has 0 saturated heterocycles. The van der Waals surface area contributed by atoms with Crippen LogP contribution in [-0.2, 0) is 6.42 Å². The third kappa shape index (κ3) is 4.51. The van der Waals surface area contributed by atoms with Crippen molar-refractivity contribution in [3.63, 3.8) is 0 Å². The van der Waals surface area contributed by atoms with Crippen molar-refractivity contribution in [1.29, 1.82) is 0 Å². The van der Waals surface area contributed by atoms with E-state index in [9.17, 15) is 0 Å². The van der Waals surface area contributed by atoms with Crippen molar-refractivity contribution >= 4 is 5.69 Å². The number of hydrogen-bond donors (Lipinski definition) is 0. The summed E-state index contributed by atoms with van der Waals surface area (Å²) in [6.07, 6.45) is 6.51. The molecular weight excluding hydrogens is 206 g/mol. The second-order valence-electron chi connectivity index (χ2n) is 5.49. The van der Waals surface area contributed by atoms with E-state index in [1.807, 2.05) is 0 Å². The van der Waals surface area contributed by atoms with Crippen molar-refractivity contribution in [2.24, 2.45) is 0 Å². The molecule has 1 nitrogen and oxygen atoms in total. The highest BCUT2D eigenvalue weighted by atomic mass is 15.3. The molecule has 0 aliphatic heterocycles. The summed E-state index contributed by atoms with van der Waals surface area (Å²) < 4.78 is 1.01. The van der Waals surface area contributed by atoms with Gasteiger partial charge >= 0.3 is 0 Å². The average Bonchev–Trinajstić information content (AvgIpc) is 2.35. The highest BCUT2D eigenvalue weighted by molar-refractivity contribution is 5.43. The second kappa shape index (κ2) is 6.80. The Balaban J connectivity index is 2.55. The minimum atomic E-state index is 1.01. The third-order valence-corrected chi connectivity index (χ3v) is 3.61. The van der Waals surface area contributed by atoms with E-state index >= 15 is 0 Å². The monoisotopic (exact) mass is 234 g/mol. The van der Waals surface area contributed by atoms with Crippen molar-refractivity contribution in [1.82, 2.24) is 4.48 Å². The zero-order chi connectivity index (χ0) is 12.7. The average molecular weight is 234 g/mol. The molecule has 0 bridgehead atoms. The van der Waals surface area contributed by atoms with E-state index in [1.165, 1.54) is 43.5 Å². The Bertz CT molecular complexity index is 311. The third-order valence-electron chi connectivity index (χ3n) is 3.61. The number of hydrogen-bond acceptors (Lipinski definition) is 0. The van der Waals surface area contributed by atoms with Crippen LogP contribution in [0, 0.1) is 0 Å². The maximum absolute atomic E-state index is 2.31. The van der Waals surface area contributed by atoms with Gasteiger partial charge in [-0.1, -0.05) is 38.8 Å². The molecule has 0 atom stereocenters. The molecule has 0 radical (unpaired) electrons. The van der Waals surface area contributed by atoms with Crippen LogP contribution in [0.15, 0.2) is 24.3 Å². The molecule has 0 aromatic heterocycles.